The molecule has 1 aromatic rings. The molecule has 0 saturated carbocycles. The molecule has 2 aliphatic heterocycles. The molecule has 1 fully saturated rings. The van der Waals surface area contributed by atoms with Crippen LogP contribution in [0.2, 0.25) is 0 Å². The van der Waals surface area contributed by atoms with Crippen LogP contribution >= 0.6 is 23.1 Å². The van der Waals surface area contributed by atoms with Crippen molar-refractivity contribution in [2.75, 3.05) is 24.5 Å². The zero-order chi connectivity index (χ0) is 33.7. The first-order valence-corrected chi connectivity index (χ1v) is 15.8. The number of anilines is 1. The first-order chi connectivity index (χ1) is 20.9. The number of esters is 2. The average molecular weight is 668 g/mol. The van der Waals surface area contributed by atoms with Gasteiger partial charge in [-0.25, -0.2) is 19.4 Å². The van der Waals surface area contributed by atoms with E-state index in [1.54, 1.807) is 53.0 Å². The van der Waals surface area contributed by atoms with Gasteiger partial charge < -0.3 is 30.0 Å². The summed E-state index contributed by atoms with van der Waals surface area (Å²) in [5.41, 5.74) is 4.07. The summed E-state index contributed by atoms with van der Waals surface area (Å²) in [6.45, 7) is 10.8. The van der Waals surface area contributed by atoms with Crippen molar-refractivity contribution < 1.29 is 47.7 Å². The van der Waals surface area contributed by atoms with Crippen molar-refractivity contribution >= 4 is 69.7 Å². The van der Waals surface area contributed by atoms with E-state index in [4.69, 9.17) is 24.7 Å². The van der Waals surface area contributed by atoms with Gasteiger partial charge in [0.05, 0.1) is 16.7 Å². The molecule has 0 unspecified atom stereocenters. The molecule has 45 heavy (non-hydrogen) atoms. The minimum absolute atomic E-state index is 0.143. The highest BCUT2D eigenvalue weighted by Crippen LogP contribution is 2.41. The van der Waals surface area contributed by atoms with Crippen LogP contribution in [-0.4, -0.2) is 82.0 Å². The van der Waals surface area contributed by atoms with Gasteiger partial charge in [-0.05, 0) is 48.0 Å². The zero-order valence-electron chi connectivity index (χ0n) is 26.0. The number of nitrogens with zero attached hydrogens (tertiary/aromatic N) is 2. The largest absolute Gasteiger partial charge is 0.445 e. The number of aromatic nitrogens is 1. The lowest BCUT2D eigenvalue weighted by Gasteiger charge is -2.49. The van der Waals surface area contributed by atoms with Crippen molar-refractivity contribution in [1.29, 1.82) is 0 Å². The lowest BCUT2D eigenvalue weighted by molar-refractivity contribution is -0.173. The van der Waals surface area contributed by atoms with Gasteiger partial charge >= 0.3 is 24.1 Å². The van der Waals surface area contributed by atoms with E-state index in [1.807, 2.05) is 6.92 Å². The summed E-state index contributed by atoms with van der Waals surface area (Å²) in [5, 5.41) is 6.36. The molecule has 3 heterocycles. The Morgan fingerprint density at radius 2 is 1.80 bits per heavy atom. The number of nitrogens with two attached hydrogens (primary N) is 1. The van der Waals surface area contributed by atoms with Crippen LogP contribution in [0.3, 0.4) is 0 Å². The summed E-state index contributed by atoms with van der Waals surface area (Å²) in [7, 11) is 0. The molecule has 4 amide bonds. The number of β-lactam (4-membered cyclic amide) rings is 1. The van der Waals surface area contributed by atoms with Gasteiger partial charge in [-0.3, -0.25) is 24.6 Å². The van der Waals surface area contributed by atoms with Crippen LogP contribution in [0.5, 0.6) is 0 Å². The number of rotatable bonds is 10. The van der Waals surface area contributed by atoms with Crippen LogP contribution in [0.25, 0.3) is 5.57 Å². The SMILES string of the molecule is CC/C=C(/C(=O)N[C@@H]1C(=O)N2C(C(=O)OCOC(=O)C(C)(C)C)=C(COC(N)=O)CS[C@H]12)c1csc(NC(=O)OC(C)(C)C)n1. The molecule has 246 valence electrons. The summed E-state index contributed by atoms with van der Waals surface area (Å²) in [5.74, 6) is -2.65. The Hall–Kier alpha value is -4.12. The molecule has 17 heteroatoms. The van der Waals surface area contributed by atoms with E-state index in [2.05, 4.69) is 15.6 Å². The predicted molar refractivity (Wildman–Crippen MR) is 164 cm³/mol. The summed E-state index contributed by atoms with van der Waals surface area (Å²) < 4.78 is 20.2. The second-order valence-corrected chi connectivity index (χ2v) is 13.8. The normalized spacial score (nSPS) is 18.3. The van der Waals surface area contributed by atoms with Crippen LogP contribution in [-0.2, 0) is 38.1 Å². The highest BCUT2D eigenvalue weighted by Gasteiger charge is 2.54. The monoisotopic (exact) mass is 667 g/mol. The van der Waals surface area contributed by atoms with Crippen molar-refractivity contribution in [2.24, 2.45) is 11.1 Å². The maximum atomic E-state index is 13.4. The average Bonchev–Trinajstić information content (AvgIpc) is 3.38. The summed E-state index contributed by atoms with van der Waals surface area (Å²) >= 11 is 2.32. The summed E-state index contributed by atoms with van der Waals surface area (Å²) in [6.07, 6.45) is 0.332. The minimum Gasteiger partial charge on any atom is -0.445 e. The van der Waals surface area contributed by atoms with Gasteiger partial charge in [0.1, 0.15) is 29.3 Å². The Morgan fingerprint density at radius 3 is 2.40 bits per heavy atom. The lowest BCUT2D eigenvalue weighted by Crippen LogP contribution is -2.70. The molecule has 0 aliphatic carbocycles. The topological polar surface area (TPSA) is 206 Å². The maximum Gasteiger partial charge on any atom is 0.413 e. The Morgan fingerprint density at radius 1 is 1.11 bits per heavy atom. The molecule has 0 spiro atoms. The van der Waals surface area contributed by atoms with Crippen molar-refractivity contribution in [3.63, 3.8) is 0 Å². The van der Waals surface area contributed by atoms with Gasteiger partial charge in [0, 0.05) is 16.7 Å². The lowest BCUT2D eigenvalue weighted by atomic mass is 9.98. The molecule has 0 bridgehead atoms. The number of thiazole rings is 1. The van der Waals surface area contributed by atoms with E-state index in [0.717, 1.165) is 16.2 Å². The van der Waals surface area contributed by atoms with Gasteiger partial charge in [-0.15, -0.1) is 23.1 Å². The number of allylic oxidation sites excluding steroid dienone is 1. The van der Waals surface area contributed by atoms with E-state index < -0.39 is 65.2 Å². The van der Waals surface area contributed by atoms with Crippen molar-refractivity contribution in [3.8, 4) is 0 Å². The van der Waals surface area contributed by atoms with Gasteiger partial charge in [-0.1, -0.05) is 13.0 Å². The molecule has 1 aromatic heterocycles. The van der Waals surface area contributed by atoms with Gasteiger partial charge in [0.2, 0.25) is 6.79 Å². The van der Waals surface area contributed by atoms with Gasteiger partial charge in [-0.2, -0.15) is 0 Å². The smallest absolute Gasteiger partial charge is 0.413 e. The predicted octanol–water partition coefficient (Wildman–Crippen LogP) is 3.12. The number of primary amides is 1. The number of amides is 4. The molecule has 3 rings (SSSR count). The van der Waals surface area contributed by atoms with Crippen LogP contribution < -0.4 is 16.4 Å². The number of carbonyl (C=O) groups is 6. The Labute approximate surface area is 268 Å². The van der Waals surface area contributed by atoms with Crippen LogP contribution in [0.4, 0.5) is 14.7 Å². The fraction of sp³-hybridized carbons (Fsp3) is 0.536. The third-order valence-electron chi connectivity index (χ3n) is 5.95. The molecule has 0 aromatic carbocycles. The van der Waals surface area contributed by atoms with E-state index in [0.29, 0.717) is 6.42 Å². The van der Waals surface area contributed by atoms with Crippen LogP contribution in [0.15, 0.2) is 22.7 Å². The number of carbonyl (C=O) groups excluding carboxylic acids is 6. The van der Waals surface area contributed by atoms with Crippen molar-refractivity contribution in [2.45, 2.75) is 71.9 Å². The van der Waals surface area contributed by atoms with E-state index in [9.17, 15) is 28.8 Å². The van der Waals surface area contributed by atoms with E-state index in [1.165, 1.54) is 11.8 Å². The third-order valence-corrected chi connectivity index (χ3v) is 8.05. The van der Waals surface area contributed by atoms with E-state index >= 15 is 0 Å². The number of nitrogens with one attached hydrogen (secondary N) is 2. The Balaban J connectivity index is 1.74. The van der Waals surface area contributed by atoms with Crippen molar-refractivity contribution in [3.05, 3.63) is 28.4 Å². The molecular formula is C28H37N5O10S2. The molecule has 0 radical (unpaired) electrons. The number of thioether (sulfide) groups is 1. The number of ether oxygens (including phenoxy) is 4. The molecule has 4 N–H and O–H groups in total. The minimum atomic E-state index is -1.08. The second kappa shape index (κ2) is 14.3. The first-order valence-electron chi connectivity index (χ1n) is 13.8. The third kappa shape index (κ3) is 9.20. The number of fused-ring (bicyclic) bond motifs is 1. The summed E-state index contributed by atoms with van der Waals surface area (Å²) in [6, 6.07) is -1.01. The number of hydrogen-bond donors (Lipinski definition) is 3. The second-order valence-electron chi connectivity index (χ2n) is 11.8. The fourth-order valence-electron chi connectivity index (χ4n) is 3.94. The van der Waals surface area contributed by atoms with Gasteiger partial charge in [0.15, 0.2) is 5.13 Å². The zero-order valence-corrected chi connectivity index (χ0v) is 27.6. The van der Waals surface area contributed by atoms with Crippen LogP contribution in [0.1, 0.15) is 60.6 Å². The maximum absolute atomic E-state index is 13.4. The number of hydrogen-bond acceptors (Lipinski definition) is 13. The quantitative estimate of drug-likeness (QED) is 0.108. The summed E-state index contributed by atoms with van der Waals surface area (Å²) in [4.78, 5) is 80.7. The fourth-order valence-corrected chi connectivity index (χ4v) is 5.97. The Bertz CT molecular complexity index is 1420. The molecule has 15 nitrogen and oxygen atoms in total. The van der Waals surface area contributed by atoms with Gasteiger partial charge in [0.25, 0.3) is 11.8 Å². The highest BCUT2D eigenvalue weighted by molar-refractivity contribution is 8.00. The Kier molecular flexibility index (Phi) is 11.3. The van der Waals surface area contributed by atoms with E-state index in [-0.39, 0.29) is 40.0 Å². The molecule has 1 saturated heterocycles. The molecule has 2 aliphatic rings. The molecular weight excluding hydrogens is 630 g/mol. The van der Waals surface area contributed by atoms with Crippen molar-refractivity contribution in [1.82, 2.24) is 15.2 Å². The standard InChI is InChI=1S/C28H37N5O10S2/c1-8-9-15(16-12-45-25(30-16)32-26(39)43-28(5,6)7)19(34)31-17-20(35)33-18(14(10-40-24(29)38)11-44-21(17)33)22(36)41-13-42-23(37)27(2,3)4/h9,12,17,21H,8,10-11,13H2,1-7H3,(H2,29,38)(H,31,34)(H,30,32,39)/b15-9+/t17-,21-/m1/s1. The first kappa shape index (κ1) is 35.4. The highest BCUT2D eigenvalue weighted by atomic mass is 32.2. The van der Waals surface area contributed by atoms with Crippen LogP contribution in [0, 0.1) is 5.41 Å². The molecule has 2 atom stereocenters.